The molecule has 0 aliphatic carbocycles. The van der Waals surface area contributed by atoms with Crippen LogP contribution in [0.3, 0.4) is 0 Å². The SMILES string of the molecule is CCN1CCC[C@H]1CNC(=O)[C@@H](C)OCc1cccc(OC)c1. The van der Waals surface area contributed by atoms with Crippen molar-refractivity contribution >= 4 is 5.91 Å². The average molecular weight is 320 g/mol. The van der Waals surface area contributed by atoms with E-state index in [1.165, 1.54) is 6.42 Å². The Labute approximate surface area is 139 Å². The van der Waals surface area contributed by atoms with Crippen LogP contribution >= 0.6 is 0 Å². The number of rotatable bonds is 8. The number of amides is 1. The summed E-state index contributed by atoms with van der Waals surface area (Å²) in [5.41, 5.74) is 0.997. The topological polar surface area (TPSA) is 50.8 Å². The van der Waals surface area contributed by atoms with Crippen molar-refractivity contribution in [2.45, 2.75) is 45.4 Å². The zero-order valence-corrected chi connectivity index (χ0v) is 14.4. The highest BCUT2D eigenvalue weighted by molar-refractivity contribution is 5.80. The Hall–Kier alpha value is -1.59. The van der Waals surface area contributed by atoms with Crippen molar-refractivity contribution in [2.24, 2.45) is 0 Å². The smallest absolute Gasteiger partial charge is 0.248 e. The van der Waals surface area contributed by atoms with E-state index in [4.69, 9.17) is 9.47 Å². The molecule has 23 heavy (non-hydrogen) atoms. The quantitative estimate of drug-likeness (QED) is 0.798. The lowest BCUT2D eigenvalue weighted by Crippen LogP contribution is -2.43. The van der Waals surface area contributed by atoms with E-state index in [0.29, 0.717) is 19.2 Å². The molecule has 1 N–H and O–H groups in total. The van der Waals surface area contributed by atoms with Crippen molar-refractivity contribution in [1.82, 2.24) is 10.2 Å². The molecule has 0 aromatic heterocycles. The van der Waals surface area contributed by atoms with Gasteiger partial charge in [0.15, 0.2) is 0 Å². The third kappa shape index (κ3) is 5.22. The van der Waals surface area contributed by atoms with E-state index in [2.05, 4.69) is 17.1 Å². The molecule has 0 unspecified atom stereocenters. The summed E-state index contributed by atoms with van der Waals surface area (Å²) in [7, 11) is 1.64. The highest BCUT2D eigenvalue weighted by Crippen LogP contribution is 2.16. The van der Waals surface area contributed by atoms with Crippen LogP contribution in [0.1, 0.15) is 32.3 Å². The molecule has 1 aliphatic heterocycles. The zero-order chi connectivity index (χ0) is 16.7. The van der Waals surface area contributed by atoms with Crippen LogP contribution in [0.15, 0.2) is 24.3 Å². The van der Waals surface area contributed by atoms with Crippen molar-refractivity contribution in [3.8, 4) is 5.75 Å². The van der Waals surface area contributed by atoms with E-state index in [1.807, 2.05) is 24.3 Å². The van der Waals surface area contributed by atoms with E-state index in [9.17, 15) is 4.79 Å². The standard InChI is InChI=1S/C18H28N2O3/c1-4-20-10-6-8-16(20)12-19-18(21)14(2)23-13-15-7-5-9-17(11-15)22-3/h5,7,9,11,14,16H,4,6,8,10,12-13H2,1-3H3,(H,19,21)/t14-,16+/m1/s1. The number of carbonyl (C=O) groups excluding carboxylic acids is 1. The minimum atomic E-state index is -0.460. The Morgan fingerprint density at radius 3 is 3.04 bits per heavy atom. The molecule has 1 amide bonds. The lowest BCUT2D eigenvalue weighted by atomic mass is 10.2. The van der Waals surface area contributed by atoms with Crippen molar-refractivity contribution in [3.63, 3.8) is 0 Å². The van der Waals surface area contributed by atoms with Crippen LogP contribution in [0.25, 0.3) is 0 Å². The number of methoxy groups -OCH3 is 1. The van der Waals surface area contributed by atoms with Gasteiger partial charge in [0, 0.05) is 12.6 Å². The van der Waals surface area contributed by atoms with Gasteiger partial charge >= 0.3 is 0 Å². The maximum absolute atomic E-state index is 12.2. The van der Waals surface area contributed by atoms with E-state index in [1.54, 1.807) is 14.0 Å². The molecule has 1 saturated heterocycles. The highest BCUT2D eigenvalue weighted by Gasteiger charge is 2.24. The minimum absolute atomic E-state index is 0.0455. The molecule has 1 aromatic carbocycles. The summed E-state index contributed by atoms with van der Waals surface area (Å²) in [4.78, 5) is 14.6. The Morgan fingerprint density at radius 1 is 1.48 bits per heavy atom. The first-order valence-electron chi connectivity index (χ1n) is 8.40. The summed E-state index contributed by atoms with van der Waals surface area (Å²) in [5.74, 6) is 0.750. The first-order valence-corrected chi connectivity index (χ1v) is 8.40. The lowest BCUT2D eigenvalue weighted by molar-refractivity contribution is -0.132. The molecule has 5 nitrogen and oxygen atoms in total. The van der Waals surface area contributed by atoms with Crippen molar-refractivity contribution in [1.29, 1.82) is 0 Å². The summed E-state index contributed by atoms with van der Waals surface area (Å²) < 4.78 is 10.9. The molecule has 1 aromatic rings. The second kappa shape index (κ2) is 8.89. The van der Waals surface area contributed by atoms with Gasteiger partial charge in [0.2, 0.25) is 5.91 Å². The molecule has 0 radical (unpaired) electrons. The monoisotopic (exact) mass is 320 g/mol. The number of hydrogen-bond acceptors (Lipinski definition) is 4. The predicted octanol–water partition coefficient (Wildman–Crippen LogP) is 2.20. The van der Waals surface area contributed by atoms with E-state index >= 15 is 0 Å². The Bertz CT molecular complexity index is 507. The number of nitrogens with zero attached hydrogens (tertiary/aromatic N) is 1. The van der Waals surface area contributed by atoms with E-state index < -0.39 is 6.10 Å². The molecule has 2 atom stereocenters. The van der Waals surface area contributed by atoms with Gasteiger partial charge in [0.25, 0.3) is 0 Å². The number of ether oxygens (including phenoxy) is 2. The summed E-state index contributed by atoms with van der Waals surface area (Å²) in [6, 6.07) is 8.16. The van der Waals surface area contributed by atoms with Gasteiger partial charge in [-0.2, -0.15) is 0 Å². The Balaban J connectivity index is 1.74. The lowest BCUT2D eigenvalue weighted by Gasteiger charge is -2.23. The van der Waals surface area contributed by atoms with Crippen LogP contribution in [0, 0.1) is 0 Å². The van der Waals surface area contributed by atoms with Crippen LogP contribution in [-0.2, 0) is 16.1 Å². The number of nitrogens with one attached hydrogen (secondary N) is 1. The van der Waals surface area contributed by atoms with E-state index in [-0.39, 0.29) is 5.91 Å². The highest BCUT2D eigenvalue weighted by atomic mass is 16.5. The van der Waals surface area contributed by atoms with Crippen LogP contribution in [0.2, 0.25) is 0 Å². The summed E-state index contributed by atoms with van der Waals surface area (Å²) >= 11 is 0. The molecular weight excluding hydrogens is 292 g/mol. The molecule has 128 valence electrons. The van der Waals surface area contributed by atoms with Crippen molar-refractivity contribution in [3.05, 3.63) is 29.8 Å². The molecule has 0 spiro atoms. The van der Waals surface area contributed by atoms with Gasteiger partial charge in [-0.25, -0.2) is 0 Å². The van der Waals surface area contributed by atoms with Crippen LogP contribution in [0.4, 0.5) is 0 Å². The predicted molar refractivity (Wildman–Crippen MR) is 90.5 cm³/mol. The Morgan fingerprint density at radius 2 is 2.30 bits per heavy atom. The first kappa shape index (κ1) is 17.8. The maximum atomic E-state index is 12.2. The van der Waals surface area contributed by atoms with Gasteiger partial charge in [-0.3, -0.25) is 9.69 Å². The molecule has 0 saturated carbocycles. The molecule has 1 aliphatic rings. The molecular formula is C18H28N2O3. The summed E-state index contributed by atoms with van der Waals surface area (Å²) in [5, 5.41) is 3.02. The van der Waals surface area contributed by atoms with Crippen LogP contribution in [0.5, 0.6) is 5.75 Å². The number of hydrogen-bond donors (Lipinski definition) is 1. The molecule has 2 rings (SSSR count). The fourth-order valence-electron chi connectivity index (χ4n) is 2.96. The largest absolute Gasteiger partial charge is 0.497 e. The Kier molecular flexibility index (Phi) is 6.86. The van der Waals surface area contributed by atoms with Gasteiger partial charge < -0.3 is 14.8 Å². The zero-order valence-electron chi connectivity index (χ0n) is 14.4. The number of likely N-dealkylation sites (tertiary alicyclic amines) is 1. The number of likely N-dealkylation sites (N-methyl/N-ethyl adjacent to an activating group) is 1. The van der Waals surface area contributed by atoms with Crippen molar-refractivity contribution < 1.29 is 14.3 Å². The third-order valence-electron chi connectivity index (χ3n) is 4.42. The fraction of sp³-hybridized carbons (Fsp3) is 0.611. The normalized spacial score (nSPS) is 19.5. The molecule has 1 heterocycles. The fourth-order valence-corrected chi connectivity index (χ4v) is 2.96. The number of carbonyl (C=O) groups is 1. The summed E-state index contributed by atoms with van der Waals surface area (Å²) in [6.07, 6.45) is 1.92. The van der Waals surface area contributed by atoms with Gasteiger partial charge in [-0.15, -0.1) is 0 Å². The summed E-state index contributed by atoms with van der Waals surface area (Å²) in [6.45, 7) is 7.25. The third-order valence-corrected chi connectivity index (χ3v) is 4.42. The van der Waals surface area contributed by atoms with Gasteiger partial charge in [0.1, 0.15) is 11.9 Å². The van der Waals surface area contributed by atoms with Gasteiger partial charge in [0.05, 0.1) is 13.7 Å². The van der Waals surface area contributed by atoms with E-state index in [0.717, 1.165) is 30.8 Å². The average Bonchev–Trinajstić information content (AvgIpc) is 3.05. The molecule has 1 fully saturated rings. The van der Waals surface area contributed by atoms with Crippen molar-refractivity contribution in [2.75, 3.05) is 26.7 Å². The number of benzene rings is 1. The van der Waals surface area contributed by atoms with Gasteiger partial charge in [-0.1, -0.05) is 19.1 Å². The molecule has 5 heteroatoms. The van der Waals surface area contributed by atoms with Crippen LogP contribution in [-0.4, -0.2) is 49.7 Å². The van der Waals surface area contributed by atoms with Crippen LogP contribution < -0.4 is 10.1 Å². The minimum Gasteiger partial charge on any atom is -0.497 e. The molecule has 0 bridgehead atoms. The second-order valence-electron chi connectivity index (χ2n) is 5.97. The maximum Gasteiger partial charge on any atom is 0.248 e. The second-order valence-corrected chi connectivity index (χ2v) is 5.97. The van der Waals surface area contributed by atoms with Gasteiger partial charge in [-0.05, 0) is 50.6 Å². The first-order chi connectivity index (χ1) is 11.1.